The Kier molecular flexibility index (Phi) is 4.82. The summed E-state index contributed by atoms with van der Waals surface area (Å²) < 4.78 is 31.4. The zero-order valence-corrected chi connectivity index (χ0v) is 11.9. The maximum atomic E-state index is 13.4. The minimum Gasteiger partial charge on any atom is -0.481 e. The van der Waals surface area contributed by atoms with E-state index in [1.165, 1.54) is 32.5 Å². The van der Waals surface area contributed by atoms with Gasteiger partial charge in [0.15, 0.2) is 11.6 Å². The van der Waals surface area contributed by atoms with Crippen LogP contribution in [0.2, 0.25) is 0 Å². The smallest absolute Gasteiger partial charge is 0.246 e. The van der Waals surface area contributed by atoms with Gasteiger partial charge < -0.3 is 15.4 Å². The molecule has 1 aromatic carbocycles. The van der Waals surface area contributed by atoms with Crippen molar-refractivity contribution in [3.05, 3.63) is 47.7 Å². The van der Waals surface area contributed by atoms with E-state index in [1.807, 2.05) is 0 Å². The minimum absolute atomic E-state index is 0.123. The number of methoxy groups -OCH3 is 1. The van der Waals surface area contributed by atoms with Gasteiger partial charge in [-0.3, -0.25) is 4.79 Å². The van der Waals surface area contributed by atoms with Crippen molar-refractivity contribution >= 4 is 11.9 Å². The average molecular weight is 308 g/mol. The van der Waals surface area contributed by atoms with Crippen molar-refractivity contribution in [2.24, 2.45) is 0 Å². The lowest BCUT2D eigenvalue weighted by Crippen LogP contribution is -2.31. The molecular weight excluding hydrogens is 294 g/mol. The number of aromatic nitrogens is 2. The van der Waals surface area contributed by atoms with Crippen LogP contribution in [0.3, 0.4) is 0 Å². The Morgan fingerprint density at radius 3 is 2.68 bits per heavy atom. The van der Waals surface area contributed by atoms with Gasteiger partial charge in [-0.15, -0.1) is 0 Å². The van der Waals surface area contributed by atoms with Crippen molar-refractivity contribution in [3.63, 3.8) is 0 Å². The lowest BCUT2D eigenvalue weighted by molar-refractivity contribution is -0.121. The number of benzene rings is 1. The molecule has 116 valence electrons. The van der Waals surface area contributed by atoms with Crippen molar-refractivity contribution in [1.29, 1.82) is 0 Å². The van der Waals surface area contributed by atoms with Crippen molar-refractivity contribution in [2.45, 2.75) is 6.04 Å². The van der Waals surface area contributed by atoms with E-state index in [4.69, 9.17) is 4.74 Å². The van der Waals surface area contributed by atoms with Crippen LogP contribution in [0.25, 0.3) is 0 Å². The zero-order chi connectivity index (χ0) is 16.1. The second-order valence-electron chi connectivity index (χ2n) is 4.29. The molecular formula is C14H14F2N4O2. The summed E-state index contributed by atoms with van der Waals surface area (Å²) in [5.74, 6) is -2.05. The van der Waals surface area contributed by atoms with E-state index in [-0.39, 0.29) is 11.5 Å². The fourth-order valence-electron chi connectivity index (χ4n) is 1.79. The molecule has 6 nitrogen and oxygen atoms in total. The summed E-state index contributed by atoms with van der Waals surface area (Å²) in [4.78, 5) is 20.0. The number of rotatable bonds is 5. The van der Waals surface area contributed by atoms with E-state index in [9.17, 15) is 13.6 Å². The number of likely N-dealkylation sites (N-methyl/N-ethyl adjacent to an activating group) is 1. The molecule has 1 atom stereocenters. The predicted molar refractivity (Wildman–Crippen MR) is 75.4 cm³/mol. The van der Waals surface area contributed by atoms with Gasteiger partial charge in [-0.25, -0.2) is 13.8 Å². The molecule has 1 amide bonds. The summed E-state index contributed by atoms with van der Waals surface area (Å²) in [6, 6.07) is 3.77. The standard InChI is InChI=1S/C14H14F2N4O2/c1-17-13(21)12(8-3-4-9(15)10(16)7-8)20-14-18-6-5-11(19-14)22-2/h3-7,12H,1-2H3,(H,17,21)(H,18,19,20)/t12-/m0/s1. The van der Waals surface area contributed by atoms with Gasteiger partial charge in [-0.05, 0) is 17.7 Å². The maximum absolute atomic E-state index is 13.4. The maximum Gasteiger partial charge on any atom is 0.246 e. The number of anilines is 1. The van der Waals surface area contributed by atoms with Crippen LogP contribution in [0.4, 0.5) is 14.7 Å². The fraction of sp³-hybridized carbons (Fsp3) is 0.214. The van der Waals surface area contributed by atoms with Gasteiger partial charge in [0.25, 0.3) is 0 Å². The van der Waals surface area contributed by atoms with Crippen LogP contribution >= 0.6 is 0 Å². The molecule has 1 heterocycles. The van der Waals surface area contributed by atoms with E-state index in [0.717, 1.165) is 12.1 Å². The second-order valence-corrected chi connectivity index (χ2v) is 4.29. The Hall–Kier alpha value is -2.77. The minimum atomic E-state index is -1.04. The third kappa shape index (κ3) is 3.46. The number of carbonyl (C=O) groups is 1. The molecule has 8 heteroatoms. The Morgan fingerprint density at radius 1 is 1.27 bits per heavy atom. The highest BCUT2D eigenvalue weighted by atomic mass is 19.2. The quantitative estimate of drug-likeness (QED) is 0.878. The number of halogens is 2. The SMILES string of the molecule is CNC(=O)[C@@H](Nc1nccc(OC)n1)c1ccc(F)c(F)c1. The first-order valence-electron chi connectivity index (χ1n) is 6.35. The van der Waals surface area contributed by atoms with Gasteiger partial charge in [0, 0.05) is 19.3 Å². The number of amides is 1. The third-order valence-electron chi connectivity index (χ3n) is 2.90. The van der Waals surface area contributed by atoms with E-state index >= 15 is 0 Å². The monoisotopic (exact) mass is 308 g/mol. The van der Waals surface area contributed by atoms with Crippen LogP contribution in [0.1, 0.15) is 11.6 Å². The molecule has 0 radical (unpaired) electrons. The molecule has 2 rings (SSSR count). The van der Waals surface area contributed by atoms with Gasteiger partial charge >= 0.3 is 0 Å². The van der Waals surface area contributed by atoms with Crippen LogP contribution < -0.4 is 15.4 Å². The number of ether oxygens (including phenoxy) is 1. The summed E-state index contributed by atoms with van der Waals surface area (Å²) in [5, 5.41) is 5.21. The molecule has 0 fully saturated rings. The van der Waals surface area contributed by atoms with Gasteiger partial charge in [0.05, 0.1) is 7.11 Å². The van der Waals surface area contributed by atoms with Crippen molar-refractivity contribution in [3.8, 4) is 5.88 Å². The second kappa shape index (κ2) is 6.79. The Balaban J connectivity index is 2.33. The molecule has 0 unspecified atom stereocenters. The number of nitrogens with one attached hydrogen (secondary N) is 2. The highest BCUT2D eigenvalue weighted by molar-refractivity contribution is 5.85. The normalized spacial score (nSPS) is 11.6. The number of carbonyl (C=O) groups excluding carboxylic acids is 1. The number of hydrogen-bond donors (Lipinski definition) is 2. The van der Waals surface area contributed by atoms with Gasteiger partial charge in [0.1, 0.15) is 6.04 Å². The van der Waals surface area contributed by atoms with Gasteiger partial charge in [0.2, 0.25) is 17.7 Å². The first-order valence-corrected chi connectivity index (χ1v) is 6.35. The molecule has 0 spiro atoms. The summed E-state index contributed by atoms with van der Waals surface area (Å²) in [6.07, 6.45) is 1.44. The highest BCUT2D eigenvalue weighted by Gasteiger charge is 2.22. The molecule has 0 aliphatic heterocycles. The van der Waals surface area contributed by atoms with Crippen LogP contribution in [0, 0.1) is 11.6 Å². The van der Waals surface area contributed by atoms with Crippen LogP contribution in [-0.2, 0) is 4.79 Å². The van der Waals surface area contributed by atoms with E-state index in [2.05, 4.69) is 20.6 Å². The molecule has 22 heavy (non-hydrogen) atoms. The zero-order valence-electron chi connectivity index (χ0n) is 11.9. The molecule has 0 aliphatic carbocycles. The van der Waals surface area contributed by atoms with Crippen molar-refractivity contribution in [2.75, 3.05) is 19.5 Å². The highest BCUT2D eigenvalue weighted by Crippen LogP contribution is 2.21. The number of hydrogen-bond acceptors (Lipinski definition) is 5. The molecule has 0 saturated heterocycles. The third-order valence-corrected chi connectivity index (χ3v) is 2.90. The first kappa shape index (κ1) is 15.6. The summed E-state index contributed by atoms with van der Waals surface area (Å²) in [5.41, 5.74) is 0.240. The summed E-state index contributed by atoms with van der Waals surface area (Å²) >= 11 is 0. The van der Waals surface area contributed by atoms with Crippen molar-refractivity contribution < 1.29 is 18.3 Å². The summed E-state index contributed by atoms with van der Waals surface area (Å²) in [7, 11) is 2.88. The van der Waals surface area contributed by atoms with Crippen molar-refractivity contribution in [1.82, 2.24) is 15.3 Å². The Morgan fingerprint density at radius 2 is 2.05 bits per heavy atom. The molecule has 1 aromatic heterocycles. The van der Waals surface area contributed by atoms with E-state index in [0.29, 0.717) is 5.88 Å². The fourth-order valence-corrected chi connectivity index (χ4v) is 1.79. The van der Waals surface area contributed by atoms with Gasteiger partial charge in [-0.2, -0.15) is 4.98 Å². The van der Waals surface area contributed by atoms with Crippen LogP contribution in [-0.4, -0.2) is 30.0 Å². The topological polar surface area (TPSA) is 76.1 Å². The van der Waals surface area contributed by atoms with Gasteiger partial charge in [-0.1, -0.05) is 6.07 Å². The number of nitrogens with zero attached hydrogens (tertiary/aromatic N) is 2. The van der Waals surface area contributed by atoms with E-state index < -0.39 is 23.6 Å². The Labute approximate surface area is 125 Å². The Bertz CT molecular complexity index is 682. The summed E-state index contributed by atoms with van der Waals surface area (Å²) in [6.45, 7) is 0. The molecule has 2 N–H and O–H groups in total. The average Bonchev–Trinajstić information content (AvgIpc) is 2.54. The lowest BCUT2D eigenvalue weighted by atomic mass is 10.1. The van der Waals surface area contributed by atoms with Crippen LogP contribution in [0.5, 0.6) is 5.88 Å². The van der Waals surface area contributed by atoms with Crippen LogP contribution in [0.15, 0.2) is 30.5 Å². The molecule has 0 aliphatic rings. The molecule has 0 saturated carbocycles. The van der Waals surface area contributed by atoms with E-state index in [1.54, 1.807) is 0 Å². The molecule has 2 aromatic rings. The first-order chi connectivity index (χ1) is 10.5. The predicted octanol–water partition coefficient (Wildman–Crippen LogP) is 1.66. The largest absolute Gasteiger partial charge is 0.481 e. The lowest BCUT2D eigenvalue weighted by Gasteiger charge is -2.18. The molecule has 0 bridgehead atoms.